The van der Waals surface area contributed by atoms with Gasteiger partial charge < -0.3 is 25.6 Å². The maximum Gasteiger partial charge on any atom is 0.429 e. The molecule has 8 nitrogen and oxygen atoms in total. The molecule has 0 saturated carbocycles. The number of hydrogen-bond acceptors (Lipinski definition) is 7. The number of allylic oxidation sites excluding steroid dienone is 2. The first-order valence-corrected chi connectivity index (χ1v) is 13.0. The smallest absolute Gasteiger partial charge is 0.429 e. The van der Waals surface area contributed by atoms with Crippen molar-refractivity contribution in [1.82, 2.24) is 15.3 Å². The number of hydrogen-bond donors (Lipinski definition) is 3. The minimum absolute atomic E-state index is 0. The number of ether oxygens (including phenoxy) is 2. The van der Waals surface area contributed by atoms with E-state index in [9.17, 15) is 23.1 Å². The monoisotopic (exact) mass is 600 g/mol. The second-order valence-corrected chi connectivity index (χ2v) is 10.6. The number of halogens is 5. The van der Waals surface area contributed by atoms with Crippen LogP contribution in [0.25, 0.3) is 11.1 Å². The van der Waals surface area contributed by atoms with Crippen LogP contribution in [0.4, 0.5) is 19.1 Å². The van der Waals surface area contributed by atoms with Gasteiger partial charge in [0.1, 0.15) is 6.04 Å². The highest BCUT2D eigenvalue weighted by molar-refractivity contribution is 6.30. The first-order chi connectivity index (χ1) is 18.5. The molecular formula is C27H29Cl2F3N4O4. The second-order valence-electron chi connectivity index (χ2n) is 10.2. The number of carboxylic acid groups (broad SMARTS) is 1. The summed E-state index contributed by atoms with van der Waals surface area (Å²) in [5.74, 6) is -1.38. The van der Waals surface area contributed by atoms with Gasteiger partial charge in [0.15, 0.2) is 0 Å². The van der Waals surface area contributed by atoms with Gasteiger partial charge in [-0.3, -0.25) is 4.79 Å². The Hall–Kier alpha value is -2.86. The first kappa shape index (κ1) is 30.1. The highest BCUT2D eigenvalue weighted by Gasteiger charge is 2.45. The van der Waals surface area contributed by atoms with Crippen LogP contribution in [0.2, 0.25) is 5.02 Å². The fourth-order valence-electron chi connectivity index (χ4n) is 5.49. The minimum Gasteiger partial charge on any atom is -0.480 e. The van der Waals surface area contributed by atoms with Crippen LogP contribution in [0.1, 0.15) is 55.0 Å². The van der Waals surface area contributed by atoms with Crippen LogP contribution in [-0.2, 0) is 9.53 Å². The number of anilines is 1. The van der Waals surface area contributed by atoms with Crippen molar-refractivity contribution in [2.75, 3.05) is 25.5 Å². The fourth-order valence-corrected chi connectivity index (χ4v) is 5.66. The predicted molar refractivity (Wildman–Crippen MR) is 146 cm³/mol. The fraction of sp³-hybridized carbons (Fsp3) is 0.444. The van der Waals surface area contributed by atoms with E-state index in [2.05, 4.69) is 15.3 Å². The standard InChI is InChI=1S/C27H28ClF3N4O4.ClH/c28-17-3-4-18(19(10-17)16-2-1-9-38-13-16)23(27(29,30)31)39-22-11-20(34-25(32)35-22)15-5-7-26(8-6-15)12-21(24(36)37)33-14-26;/h2-5,10-11,21,23,33H,1,6-9,12-14H2,(H,36,37)(H2,32,34,35);1H/t21?,23-,26-;/m1./s1. The van der Waals surface area contributed by atoms with E-state index in [-0.39, 0.29) is 41.8 Å². The predicted octanol–water partition coefficient (Wildman–Crippen LogP) is 5.62. The van der Waals surface area contributed by atoms with Crippen molar-refractivity contribution in [3.63, 3.8) is 0 Å². The Morgan fingerprint density at radius 3 is 2.67 bits per heavy atom. The average Bonchev–Trinajstić information content (AvgIpc) is 3.31. The number of carboxylic acids is 1. The lowest BCUT2D eigenvalue weighted by Gasteiger charge is -2.32. The van der Waals surface area contributed by atoms with Crippen molar-refractivity contribution in [3.05, 3.63) is 58.3 Å². The Morgan fingerprint density at radius 2 is 2.05 bits per heavy atom. The summed E-state index contributed by atoms with van der Waals surface area (Å²) in [7, 11) is 0. The van der Waals surface area contributed by atoms with Crippen molar-refractivity contribution in [2.24, 2.45) is 5.41 Å². The number of nitrogens with zero attached hydrogens (tertiary/aromatic N) is 2. The Bertz CT molecular complexity index is 1340. The van der Waals surface area contributed by atoms with Crippen molar-refractivity contribution < 1.29 is 32.5 Å². The first-order valence-electron chi connectivity index (χ1n) is 12.6. The van der Waals surface area contributed by atoms with Crippen LogP contribution in [0.5, 0.6) is 5.88 Å². The lowest BCUT2D eigenvalue weighted by Crippen LogP contribution is -2.30. The summed E-state index contributed by atoms with van der Waals surface area (Å²) >= 11 is 6.14. The average molecular weight is 601 g/mol. The van der Waals surface area contributed by atoms with Crippen LogP contribution in [0.3, 0.4) is 0 Å². The number of nitrogens with two attached hydrogens (primary N) is 1. The molecule has 0 bridgehead atoms. The van der Waals surface area contributed by atoms with Crippen LogP contribution in [0.15, 0.2) is 36.4 Å². The van der Waals surface area contributed by atoms with Gasteiger partial charge >= 0.3 is 12.1 Å². The molecule has 3 heterocycles. The number of aliphatic carboxylic acids is 1. The highest BCUT2D eigenvalue weighted by Crippen LogP contribution is 2.45. The van der Waals surface area contributed by atoms with Gasteiger partial charge in [-0.15, -0.1) is 12.4 Å². The molecule has 0 radical (unpaired) electrons. The summed E-state index contributed by atoms with van der Waals surface area (Å²) in [6.07, 6.45) is -0.313. The molecule has 1 fully saturated rings. The van der Waals surface area contributed by atoms with Gasteiger partial charge in [-0.2, -0.15) is 18.2 Å². The van der Waals surface area contributed by atoms with E-state index in [1.54, 1.807) is 0 Å². The second kappa shape index (κ2) is 11.9. The zero-order valence-electron chi connectivity index (χ0n) is 21.3. The zero-order chi connectivity index (χ0) is 27.8. The molecule has 1 aliphatic carbocycles. The molecule has 2 aliphatic heterocycles. The van der Waals surface area contributed by atoms with Gasteiger partial charge in [0.2, 0.25) is 17.9 Å². The molecular weight excluding hydrogens is 572 g/mol. The molecule has 0 amide bonds. The van der Waals surface area contributed by atoms with E-state index in [1.807, 2.05) is 12.2 Å². The van der Waals surface area contributed by atoms with Crippen molar-refractivity contribution >= 4 is 47.1 Å². The van der Waals surface area contributed by atoms with E-state index in [1.165, 1.54) is 24.3 Å². The van der Waals surface area contributed by atoms with Gasteiger partial charge in [0, 0.05) is 23.2 Å². The lowest BCUT2D eigenvalue weighted by atomic mass is 9.73. The molecule has 2 aromatic rings. The number of aromatic nitrogens is 2. The Morgan fingerprint density at radius 1 is 1.25 bits per heavy atom. The largest absolute Gasteiger partial charge is 0.480 e. The molecule has 40 heavy (non-hydrogen) atoms. The molecule has 216 valence electrons. The van der Waals surface area contributed by atoms with E-state index < -0.39 is 24.3 Å². The number of rotatable bonds is 6. The number of nitrogen functional groups attached to an aromatic ring is 1. The maximum absolute atomic E-state index is 14.4. The lowest BCUT2D eigenvalue weighted by molar-refractivity contribution is -0.198. The SMILES string of the molecule is Cl.Nc1nc(O[C@H](c2ccc(Cl)cc2C2=CCCOC2)C(F)(F)F)cc(C2=CC[C@]3(CC2)CNC(C(=O)O)C3)n1. The topological polar surface area (TPSA) is 120 Å². The summed E-state index contributed by atoms with van der Waals surface area (Å²) in [5, 5.41) is 12.7. The molecule has 3 aliphatic rings. The number of benzene rings is 1. The van der Waals surface area contributed by atoms with Gasteiger partial charge in [0.05, 0.1) is 18.9 Å². The summed E-state index contributed by atoms with van der Waals surface area (Å²) in [4.78, 5) is 19.5. The molecule has 5 rings (SSSR count). The third-order valence-electron chi connectivity index (χ3n) is 7.50. The van der Waals surface area contributed by atoms with Gasteiger partial charge in [-0.25, -0.2) is 4.98 Å². The van der Waals surface area contributed by atoms with Crippen molar-refractivity contribution in [1.29, 1.82) is 0 Å². The Labute approximate surface area is 240 Å². The third-order valence-corrected chi connectivity index (χ3v) is 7.74. The van der Waals surface area contributed by atoms with Crippen molar-refractivity contribution in [2.45, 2.75) is 50.4 Å². The van der Waals surface area contributed by atoms with Crippen LogP contribution >= 0.6 is 24.0 Å². The summed E-state index contributed by atoms with van der Waals surface area (Å²) < 4.78 is 54.2. The number of carbonyl (C=O) groups is 1. The van der Waals surface area contributed by atoms with E-state index in [0.717, 1.165) is 5.57 Å². The molecule has 1 aromatic carbocycles. The summed E-state index contributed by atoms with van der Waals surface area (Å²) in [5.41, 5.74) is 7.71. The van der Waals surface area contributed by atoms with Crippen LogP contribution in [-0.4, -0.2) is 53.0 Å². The molecule has 3 atom stereocenters. The van der Waals surface area contributed by atoms with Crippen molar-refractivity contribution in [3.8, 4) is 5.88 Å². The van der Waals surface area contributed by atoms with Gasteiger partial charge in [0.25, 0.3) is 0 Å². The van der Waals surface area contributed by atoms with E-state index in [0.29, 0.717) is 67.1 Å². The molecule has 1 aromatic heterocycles. The highest BCUT2D eigenvalue weighted by atomic mass is 35.5. The normalized spacial score (nSPS) is 23.6. The van der Waals surface area contributed by atoms with Gasteiger partial charge in [-0.1, -0.05) is 29.8 Å². The third kappa shape index (κ3) is 6.54. The molecule has 4 N–H and O–H groups in total. The minimum atomic E-state index is -4.77. The maximum atomic E-state index is 14.4. The zero-order valence-corrected chi connectivity index (χ0v) is 22.9. The Kier molecular flexibility index (Phi) is 8.99. The molecule has 1 saturated heterocycles. The molecule has 1 unspecified atom stereocenters. The summed E-state index contributed by atoms with van der Waals surface area (Å²) in [6.45, 7) is 1.25. The van der Waals surface area contributed by atoms with Gasteiger partial charge in [-0.05, 0) is 66.4 Å². The van der Waals surface area contributed by atoms with E-state index >= 15 is 0 Å². The Balaban J connectivity index is 0.00000370. The summed E-state index contributed by atoms with van der Waals surface area (Å²) in [6, 6.07) is 4.96. The number of nitrogens with one attached hydrogen (secondary N) is 1. The molecule has 13 heteroatoms. The molecule has 1 spiro atoms. The number of alkyl halides is 3. The van der Waals surface area contributed by atoms with Crippen LogP contribution < -0.4 is 15.8 Å². The van der Waals surface area contributed by atoms with Crippen LogP contribution in [0, 0.1) is 5.41 Å². The quantitative estimate of drug-likeness (QED) is 0.391. The van der Waals surface area contributed by atoms with E-state index in [4.69, 9.17) is 26.8 Å².